The maximum atomic E-state index is 12.3. The number of carbonyl (C=O) groups excluding carboxylic acids is 1. The fraction of sp³-hybridized carbons (Fsp3) is 0.588. The number of benzene rings is 1. The van der Waals surface area contributed by atoms with E-state index in [0.29, 0.717) is 30.4 Å². The summed E-state index contributed by atoms with van der Waals surface area (Å²) >= 11 is 0. The fourth-order valence-electron chi connectivity index (χ4n) is 3.23. The van der Waals surface area contributed by atoms with Gasteiger partial charge < -0.3 is 29.6 Å². The lowest BCUT2D eigenvalue weighted by Gasteiger charge is -2.39. The van der Waals surface area contributed by atoms with E-state index >= 15 is 0 Å². The van der Waals surface area contributed by atoms with Crippen molar-refractivity contribution in [1.82, 2.24) is 5.32 Å². The molecule has 1 aliphatic heterocycles. The highest BCUT2D eigenvalue weighted by atomic mass is 16.6. The smallest absolute Gasteiger partial charge is 0.319 e. The van der Waals surface area contributed by atoms with Crippen LogP contribution in [0.3, 0.4) is 0 Å². The zero-order valence-electron chi connectivity index (χ0n) is 14.0. The largest absolute Gasteiger partial charge is 0.497 e. The summed E-state index contributed by atoms with van der Waals surface area (Å²) in [5.41, 5.74) is 0.620. The molecule has 1 saturated carbocycles. The molecule has 2 N–H and O–H groups in total. The highest BCUT2D eigenvalue weighted by Crippen LogP contribution is 2.28. The molecule has 1 aromatic carbocycles. The number of urea groups is 1. The zero-order valence-corrected chi connectivity index (χ0v) is 14.0. The Morgan fingerprint density at radius 3 is 2.38 bits per heavy atom. The molecule has 24 heavy (non-hydrogen) atoms. The van der Waals surface area contributed by atoms with Gasteiger partial charge in [0.25, 0.3) is 0 Å². The molecule has 3 rings (SSSR count). The van der Waals surface area contributed by atoms with Gasteiger partial charge in [0.2, 0.25) is 0 Å². The van der Waals surface area contributed by atoms with Crippen molar-refractivity contribution in [3.63, 3.8) is 0 Å². The lowest BCUT2D eigenvalue weighted by atomic mass is 9.90. The average molecular weight is 336 g/mol. The van der Waals surface area contributed by atoms with E-state index in [-0.39, 0.29) is 24.3 Å². The summed E-state index contributed by atoms with van der Waals surface area (Å²) in [5, 5.41) is 5.84. The van der Waals surface area contributed by atoms with Crippen LogP contribution < -0.4 is 20.1 Å². The number of nitrogens with one attached hydrogen (secondary N) is 2. The maximum Gasteiger partial charge on any atom is 0.319 e. The van der Waals surface area contributed by atoms with Crippen LogP contribution in [-0.2, 0) is 9.47 Å². The molecule has 1 heterocycles. The van der Waals surface area contributed by atoms with Crippen LogP contribution in [0.5, 0.6) is 11.5 Å². The van der Waals surface area contributed by atoms with Crippen molar-refractivity contribution >= 4 is 11.7 Å². The third-order valence-electron chi connectivity index (χ3n) is 4.42. The first-order valence-electron chi connectivity index (χ1n) is 8.21. The van der Waals surface area contributed by atoms with Gasteiger partial charge in [0.1, 0.15) is 11.5 Å². The van der Waals surface area contributed by atoms with Gasteiger partial charge in [0, 0.05) is 29.9 Å². The van der Waals surface area contributed by atoms with Crippen LogP contribution in [0.2, 0.25) is 0 Å². The van der Waals surface area contributed by atoms with Crippen molar-refractivity contribution in [2.45, 2.75) is 37.5 Å². The number of rotatable bonds is 4. The van der Waals surface area contributed by atoms with Gasteiger partial charge in [-0.1, -0.05) is 0 Å². The normalized spacial score (nSPS) is 26.2. The van der Waals surface area contributed by atoms with Crippen molar-refractivity contribution in [3.8, 4) is 11.5 Å². The number of ether oxygens (including phenoxy) is 4. The quantitative estimate of drug-likeness (QED) is 0.881. The SMILES string of the molecule is COc1cc(NC(=O)NC2CCC3OCCOC3C2)cc(OC)c1. The summed E-state index contributed by atoms with van der Waals surface area (Å²) in [4.78, 5) is 12.3. The van der Waals surface area contributed by atoms with Crippen LogP contribution in [0.4, 0.5) is 10.5 Å². The molecule has 3 unspecified atom stereocenters. The molecular formula is C17H24N2O5. The number of hydrogen-bond acceptors (Lipinski definition) is 5. The molecule has 1 aromatic rings. The molecule has 0 radical (unpaired) electrons. The third-order valence-corrected chi connectivity index (χ3v) is 4.42. The Bertz CT molecular complexity index is 558. The topological polar surface area (TPSA) is 78.1 Å². The summed E-state index contributed by atoms with van der Waals surface area (Å²) in [6, 6.07) is 5.09. The minimum Gasteiger partial charge on any atom is -0.497 e. The average Bonchev–Trinajstić information content (AvgIpc) is 2.61. The molecule has 3 atom stereocenters. The van der Waals surface area contributed by atoms with Gasteiger partial charge >= 0.3 is 6.03 Å². The first kappa shape index (κ1) is 16.9. The van der Waals surface area contributed by atoms with E-state index < -0.39 is 0 Å². The van der Waals surface area contributed by atoms with Gasteiger partial charge in [-0.15, -0.1) is 0 Å². The molecule has 0 spiro atoms. The van der Waals surface area contributed by atoms with Crippen LogP contribution in [-0.4, -0.2) is 51.7 Å². The van der Waals surface area contributed by atoms with Gasteiger partial charge in [0.15, 0.2) is 0 Å². The highest BCUT2D eigenvalue weighted by Gasteiger charge is 2.34. The van der Waals surface area contributed by atoms with E-state index in [9.17, 15) is 4.79 Å². The van der Waals surface area contributed by atoms with Crippen molar-refractivity contribution in [2.24, 2.45) is 0 Å². The molecule has 2 aliphatic rings. The van der Waals surface area contributed by atoms with Gasteiger partial charge in [-0.25, -0.2) is 4.79 Å². The second-order valence-corrected chi connectivity index (χ2v) is 6.03. The fourth-order valence-corrected chi connectivity index (χ4v) is 3.23. The van der Waals surface area contributed by atoms with E-state index in [0.717, 1.165) is 19.3 Å². The number of hydrogen-bond donors (Lipinski definition) is 2. The van der Waals surface area contributed by atoms with Crippen molar-refractivity contribution in [1.29, 1.82) is 0 Å². The minimum atomic E-state index is -0.245. The Morgan fingerprint density at radius 1 is 1.04 bits per heavy atom. The predicted octanol–water partition coefficient (Wildman–Crippen LogP) is 2.16. The van der Waals surface area contributed by atoms with Crippen molar-refractivity contribution in [2.75, 3.05) is 32.8 Å². The van der Waals surface area contributed by atoms with Crippen LogP contribution >= 0.6 is 0 Å². The van der Waals surface area contributed by atoms with Crippen LogP contribution in [0.25, 0.3) is 0 Å². The van der Waals surface area contributed by atoms with Crippen LogP contribution in [0, 0.1) is 0 Å². The second kappa shape index (κ2) is 7.72. The lowest BCUT2D eigenvalue weighted by Crippen LogP contribution is -2.50. The summed E-state index contributed by atoms with van der Waals surface area (Å²) in [5.74, 6) is 1.25. The maximum absolute atomic E-state index is 12.3. The predicted molar refractivity (Wildman–Crippen MR) is 88.8 cm³/mol. The van der Waals surface area contributed by atoms with Gasteiger partial charge in [-0.2, -0.15) is 0 Å². The Hall–Kier alpha value is -1.99. The number of fused-ring (bicyclic) bond motifs is 1. The molecule has 2 amide bonds. The molecule has 7 nitrogen and oxygen atoms in total. The molecule has 1 aliphatic carbocycles. The Balaban J connectivity index is 1.56. The van der Waals surface area contributed by atoms with Crippen molar-refractivity contribution < 1.29 is 23.7 Å². The van der Waals surface area contributed by atoms with Gasteiger partial charge in [-0.05, 0) is 19.3 Å². The standard InChI is InChI=1S/C17H24N2O5/c1-21-13-7-12(8-14(10-13)22-2)19-17(20)18-11-3-4-15-16(9-11)24-6-5-23-15/h7-8,10-11,15-16H,3-6,9H2,1-2H3,(H2,18,19,20). The number of amides is 2. The Kier molecular flexibility index (Phi) is 5.42. The number of carbonyl (C=O) groups is 1. The summed E-state index contributed by atoms with van der Waals surface area (Å²) < 4.78 is 21.9. The molecule has 2 fully saturated rings. The molecule has 1 saturated heterocycles. The third kappa shape index (κ3) is 4.10. The Labute approximate surface area is 141 Å². The molecule has 132 valence electrons. The number of methoxy groups -OCH3 is 2. The highest BCUT2D eigenvalue weighted by molar-refractivity contribution is 5.90. The first-order valence-corrected chi connectivity index (χ1v) is 8.21. The summed E-state index contributed by atoms with van der Waals surface area (Å²) in [6.45, 7) is 1.29. The lowest BCUT2D eigenvalue weighted by molar-refractivity contribution is -0.157. The van der Waals surface area contributed by atoms with E-state index in [2.05, 4.69) is 10.6 Å². The molecule has 0 bridgehead atoms. The monoisotopic (exact) mass is 336 g/mol. The van der Waals surface area contributed by atoms with Crippen LogP contribution in [0.15, 0.2) is 18.2 Å². The summed E-state index contributed by atoms with van der Waals surface area (Å²) in [7, 11) is 3.15. The van der Waals surface area contributed by atoms with E-state index in [4.69, 9.17) is 18.9 Å². The van der Waals surface area contributed by atoms with E-state index in [1.54, 1.807) is 32.4 Å². The van der Waals surface area contributed by atoms with Crippen LogP contribution in [0.1, 0.15) is 19.3 Å². The first-order chi connectivity index (χ1) is 11.7. The van der Waals surface area contributed by atoms with Gasteiger partial charge in [-0.3, -0.25) is 0 Å². The van der Waals surface area contributed by atoms with E-state index in [1.165, 1.54) is 0 Å². The Morgan fingerprint density at radius 2 is 1.71 bits per heavy atom. The van der Waals surface area contributed by atoms with Crippen molar-refractivity contribution in [3.05, 3.63) is 18.2 Å². The zero-order chi connectivity index (χ0) is 16.9. The van der Waals surface area contributed by atoms with E-state index in [1.807, 2.05) is 0 Å². The molecular weight excluding hydrogens is 312 g/mol. The van der Waals surface area contributed by atoms with Gasteiger partial charge in [0.05, 0.1) is 39.6 Å². The molecule has 7 heteroatoms. The molecule has 0 aromatic heterocycles. The summed E-state index contributed by atoms with van der Waals surface area (Å²) in [6.07, 6.45) is 2.82. The minimum absolute atomic E-state index is 0.0784. The number of anilines is 1. The second-order valence-electron chi connectivity index (χ2n) is 6.03.